The van der Waals surface area contributed by atoms with E-state index in [2.05, 4.69) is 4.90 Å². The molecule has 3 aliphatic rings. The molecule has 0 aliphatic carbocycles. The van der Waals surface area contributed by atoms with E-state index in [0.717, 1.165) is 64.4 Å². The van der Waals surface area contributed by atoms with Crippen LogP contribution in [0.25, 0.3) is 0 Å². The molecule has 4 rings (SSSR count). The molecule has 3 fully saturated rings. The number of hydrogen-bond acceptors (Lipinski definition) is 5. The Morgan fingerprint density at radius 2 is 1.68 bits per heavy atom. The number of benzene rings is 1. The van der Waals surface area contributed by atoms with E-state index in [1.807, 2.05) is 35.2 Å². The summed E-state index contributed by atoms with van der Waals surface area (Å²) in [6.45, 7) is 5.86. The molecule has 3 aliphatic heterocycles. The molecule has 0 spiro atoms. The maximum absolute atomic E-state index is 12.9. The summed E-state index contributed by atoms with van der Waals surface area (Å²) in [5.41, 5.74) is 0.786. The number of likely N-dealkylation sites (tertiary alicyclic amines) is 1. The van der Waals surface area contributed by atoms with Crippen molar-refractivity contribution in [1.82, 2.24) is 9.80 Å². The van der Waals surface area contributed by atoms with Crippen molar-refractivity contribution in [2.75, 3.05) is 46.0 Å². The Bertz CT molecular complexity index is 740. The van der Waals surface area contributed by atoms with Crippen LogP contribution in [0.15, 0.2) is 30.3 Å². The lowest BCUT2D eigenvalue weighted by Crippen LogP contribution is -2.63. The molecule has 3 atom stereocenters. The third-order valence-corrected chi connectivity index (χ3v) is 5.80. The minimum absolute atomic E-state index is 0.151. The second kappa shape index (κ2) is 10.4. The minimum atomic E-state index is -5.08. The Kier molecular flexibility index (Phi) is 7.90. The Hall–Kier alpha value is -2.17. The number of morpholine rings is 1. The summed E-state index contributed by atoms with van der Waals surface area (Å²) < 4.78 is 43.4. The van der Waals surface area contributed by atoms with Crippen molar-refractivity contribution < 1.29 is 37.3 Å². The average molecular weight is 444 g/mol. The number of aliphatic carboxylic acids is 1. The topological polar surface area (TPSA) is 79.3 Å². The molecule has 1 N–H and O–H groups in total. The molecular formula is C21H27F3N2O5. The first-order valence-electron chi connectivity index (χ1n) is 10.3. The molecule has 1 amide bonds. The lowest BCUT2D eigenvalue weighted by atomic mass is 9.84. The van der Waals surface area contributed by atoms with E-state index >= 15 is 0 Å². The second-order valence-corrected chi connectivity index (χ2v) is 7.83. The maximum atomic E-state index is 12.9. The lowest BCUT2D eigenvalue weighted by molar-refractivity contribution is -0.192. The highest BCUT2D eigenvalue weighted by molar-refractivity contribution is 5.94. The van der Waals surface area contributed by atoms with Crippen molar-refractivity contribution in [2.45, 2.75) is 31.2 Å². The summed E-state index contributed by atoms with van der Waals surface area (Å²) in [5.74, 6) is -2.15. The first-order chi connectivity index (χ1) is 14.8. The Labute approximate surface area is 178 Å². The number of nitrogens with zero attached hydrogens (tertiary/aromatic N) is 2. The summed E-state index contributed by atoms with van der Waals surface area (Å²) in [5, 5.41) is 7.12. The molecular weight excluding hydrogens is 417 g/mol. The molecule has 0 radical (unpaired) electrons. The number of ether oxygens (including phenoxy) is 2. The van der Waals surface area contributed by atoms with Gasteiger partial charge >= 0.3 is 12.1 Å². The molecule has 0 saturated carbocycles. The molecule has 31 heavy (non-hydrogen) atoms. The number of carboxylic acid groups (broad SMARTS) is 1. The van der Waals surface area contributed by atoms with E-state index in [0.29, 0.717) is 12.0 Å². The van der Waals surface area contributed by atoms with Crippen molar-refractivity contribution in [3.05, 3.63) is 35.9 Å². The number of hydrogen-bond donors (Lipinski definition) is 1. The van der Waals surface area contributed by atoms with Gasteiger partial charge in [0.05, 0.1) is 25.4 Å². The van der Waals surface area contributed by atoms with Gasteiger partial charge in [-0.1, -0.05) is 18.2 Å². The van der Waals surface area contributed by atoms with Crippen molar-refractivity contribution in [2.24, 2.45) is 5.92 Å². The number of halogens is 3. The van der Waals surface area contributed by atoms with E-state index in [1.165, 1.54) is 0 Å². The summed E-state index contributed by atoms with van der Waals surface area (Å²) in [6.07, 6.45) is -2.56. The third kappa shape index (κ3) is 6.18. The van der Waals surface area contributed by atoms with E-state index in [4.69, 9.17) is 19.4 Å². The minimum Gasteiger partial charge on any atom is -0.475 e. The zero-order valence-corrected chi connectivity index (χ0v) is 17.1. The quantitative estimate of drug-likeness (QED) is 0.754. The standard InChI is InChI=1S/C19H26N2O3.C2HF3O2/c22-19(15-5-2-1-3-6-15)21-13-16-7-4-10-24-18(16)17(14-21)20-8-11-23-12-9-20;3-2(4,5)1(6)7/h1-3,5-6,16-18H,4,7-14H2;(H,6,7)/t16-,17+,18-;/m0./s1. The predicted octanol–water partition coefficient (Wildman–Crippen LogP) is 2.27. The highest BCUT2D eigenvalue weighted by Crippen LogP contribution is 2.32. The normalized spacial score (nSPS) is 26.9. The highest BCUT2D eigenvalue weighted by atomic mass is 19.4. The monoisotopic (exact) mass is 444 g/mol. The Balaban J connectivity index is 0.000000339. The van der Waals surface area contributed by atoms with E-state index in [9.17, 15) is 18.0 Å². The number of amides is 1. The summed E-state index contributed by atoms with van der Waals surface area (Å²) in [7, 11) is 0. The van der Waals surface area contributed by atoms with Crippen LogP contribution >= 0.6 is 0 Å². The molecule has 7 nitrogen and oxygen atoms in total. The molecule has 3 saturated heterocycles. The molecule has 1 aromatic carbocycles. The Morgan fingerprint density at radius 3 is 2.29 bits per heavy atom. The first kappa shape index (κ1) is 23.5. The van der Waals surface area contributed by atoms with Crippen LogP contribution in [-0.4, -0.2) is 91.1 Å². The van der Waals surface area contributed by atoms with Crippen molar-refractivity contribution >= 4 is 11.9 Å². The van der Waals surface area contributed by atoms with E-state index in [1.54, 1.807) is 0 Å². The number of piperidine rings is 1. The van der Waals surface area contributed by atoms with Gasteiger partial charge in [0, 0.05) is 44.3 Å². The number of alkyl halides is 3. The van der Waals surface area contributed by atoms with Crippen LogP contribution in [0.1, 0.15) is 23.2 Å². The molecule has 0 bridgehead atoms. The number of carbonyl (C=O) groups excluding carboxylic acids is 1. The van der Waals surface area contributed by atoms with Gasteiger partial charge in [0.25, 0.3) is 5.91 Å². The fourth-order valence-corrected chi connectivity index (χ4v) is 4.33. The van der Waals surface area contributed by atoms with Crippen LogP contribution in [0.2, 0.25) is 0 Å². The van der Waals surface area contributed by atoms with Gasteiger partial charge in [-0.25, -0.2) is 4.79 Å². The Morgan fingerprint density at radius 1 is 1.03 bits per heavy atom. The maximum Gasteiger partial charge on any atom is 0.490 e. The van der Waals surface area contributed by atoms with Crippen molar-refractivity contribution in [1.29, 1.82) is 0 Å². The lowest BCUT2D eigenvalue weighted by Gasteiger charge is -2.50. The molecule has 0 aromatic heterocycles. The number of rotatable bonds is 2. The van der Waals surface area contributed by atoms with Crippen LogP contribution < -0.4 is 0 Å². The van der Waals surface area contributed by atoms with Gasteiger partial charge in [-0.2, -0.15) is 13.2 Å². The largest absolute Gasteiger partial charge is 0.490 e. The first-order valence-corrected chi connectivity index (χ1v) is 10.3. The van der Waals surface area contributed by atoms with Crippen LogP contribution in [0, 0.1) is 5.92 Å². The molecule has 1 aromatic rings. The summed E-state index contributed by atoms with van der Waals surface area (Å²) in [6, 6.07) is 9.94. The average Bonchev–Trinajstić information content (AvgIpc) is 2.79. The zero-order valence-electron chi connectivity index (χ0n) is 17.1. The van der Waals surface area contributed by atoms with Gasteiger partial charge in [-0.3, -0.25) is 9.69 Å². The van der Waals surface area contributed by atoms with Gasteiger partial charge in [-0.05, 0) is 25.0 Å². The summed E-state index contributed by atoms with van der Waals surface area (Å²) >= 11 is 0. The van der Waals surface area contributed by atoms with Gasteiger partial charge < -0.3 is 19.5 Å². The second-order valence-electron chi connectivity index (χ2n) is 7.83. The van der Waals surface area contributed by atoms with Gasteiger partial charge in [0.15, 0.2) is 0 Å². The van der Waals surface area contributed by atoms with Gasteiger partial charge in [0.1, 0.15) is 0 Å². The van der Waals surface area contributed by atoms with Gasteiger partial charge in [-0.15, -0.1) is 0 Å². The van der Waals surface area contributed by atoms with Crippen LogP contribution in [0.3, 0.4) is 0 Å². The highest BCUT2D eigenvalue weighted by Gasteiger charge is 2.43. The fraction of sp³-hybridized carbons (Fsp3) is 0.619. The van der Waals surface area contributed by atoms with E-state index in [-0.39, 0.29) is 12.0 Å². The van der Waals surface area contributed by atoms with Crippen LogP contribution in [0.4, 0.5) is 13.2 Å². The van der Waals surface area contributed by atoms with Crippen molar-refractivity contribution in [3.8, 4) is 0 Å². The number of fused-ring (bicyclic) bond motifs is 1. The molecule has 3 heterocycles. The zero-order chi connectivity index (χ0) is 22.4. The predicted molar refractivity (Wildman–Crippen MR) is 105 cm³/mol. The fourth-order valence-electron chi connectivity index (χ4n) is 4.33. The van der Waals surface area contributed by atoms with E-state index < -0.39 is 12.1 Å². The SMILES string of the molecule is O=C(O)C(F)(F)F.O=C(c1ccccc1)N1C[C@@H]2CCCO[C@@H]2[C@H](N2CCOCC2)C1. The van der Waals surface area contributed by atoms with Crippen molar-refractivity contribution in [3.63, 3.8) is 0 Å². The van der Waals surface area contributed by atoms with Gasteiger partial charge in [0.2, 0.25) is 0 Å². The van der Waals surface area contributed by atoms with Crippen LogP contribution in [0.5, 0.6) is 0 Å². The third-order valence-electron chi connectivity index (χ3n) is 5.80. The number of carboxylic acids is 1. The van der Waals surface area contributed by atoms with Crippen LogP contribution in [-0.2, 0) is 14.3 Å². The molecule has 0 unspecified atom stereocenters. The number of carbonyl (C=O) groups is 2. The summed E-state index contributed by atoms with van der Waals surface area (Å²) in [4.78, 5) is 26.4. The molecule has 10 heteroatoms. The smallest absolute Gasteiger partial charge is 0.475 e. The molecule has 172 valence electrons.